The van der Waals surface area contributed by atoms with Crippen LogP contribution in [0, 0.1) is 0 Å². The van der Waals surface area contributed by atoms with E-state index in [4.69, 9.17) is 11.6 Å². The average molecular weight is 419 g/mol. The molecule has 1 heterocycles. The van der Waals surface area contributed by atoms with Crippen LogP contribution in [0.2, 0.25) is 5.02 Å². The smallest absolute Gasteiger partial charge is 0.251 e. The third-order valence-electron chi connectivity index (χ3n) is 5.63. The second kappa shape index (κ2) is 9.92. The summed E-state index contributed by atoms with van der Waals surface area (Å²) in [4.78, 5) is 15.0. The van der Waals surface area contributed by atoms with E-state index < -0.39 is 0 Å². The van der Waals surface area contributed by atoms with Crippen molar-refractivity contribution in [2.75, 3.05) is 19.6 Å². The van der Waals surface area contributed by atoms with Gasteiger partial charge in [0, 0.05) is 23.7 Å². The molecule has 0 spiro atoms. The maximum absolute atomic E-state index is 12.4. The van der Waals surface area contributed by atoms with E-state index in [0.717, 1.165) is 24.1 Å². The molecule has 3 nitrogen and oxygen atoms in total. The lowest BCUT2D eigenvalue weighted by Crippen LogP contribution is -2.25. The Morgan fingerprint density at radius 1 is 0.867 bits per heavy atom. The van der Waals surface area contributed by atoms with E-state index in [0.29, 0.717) is 17.1 Å². The van der Waals surface area contributed by atoms with E-state index in [1.54, 1.807) is 0 Å². The monoisotopic (exact) mass is 418 g/mol. The largest absolute Gasteiger partial charge is 0.352 e. The molecule has 30 heavy (non-hydrogen) atoms. The fourth-order valence-electron chi connectivity index (χ4n) is 3.91. The Kier molecular flexibility index (Phi) is 6.83. The van der Waals surface area contributed by atoms with Gasteiger partial charge in [-0.25, -0.2) is 0 Å². The predicted octanol–water partition coefficient (Wildman–Crippen LogP) is 5.58. The standard InChI is InChI=1S/C26H27ClN2O/c27-25-5-3-4-24(18-25)22-10-12-23(13-11-22)26(30)28-15-14-20-6-8-21(9-7-20)19-29-16-1-2-17-29/h3-13,18H,1-2,14-17,19H2,(H,28,30). The van der Waals surface area contributed by atoms with Crippen LogP contribution in [-0.2, 0) is 13.0 Å². The summed E-state index contributed by atoms with van der Waals surface area (Å²) in [6, 6.07) is 24.1. The number of nitrogens with one attached hydrogen (secondary N) is 1. The highest BCUT2D eigenvalue weighted by atomic mass is 35.5. The summed E-state index contributed by atoms with van der Waals surface area (Å²) in [6.45, 7) is 4.10. The lowest BCUT2D eigenvalue weighted by atomic mass is 10.0. The van der Waals surface area contributed by atoms with E-state index >= 15 is 0 Å². The highest BCUT2D eigenvalue weighted by Gasteiger charge is 2.11. The first-order valence-electron chi connectivity index (χ1n) is 10.6. The zero-order valence-corrected chi connectivity index (χ0v) is 17.9. The number of halogens is 1. The van der Waals surface area contributed by atoms with E-state index in [1.165, 1.54) is 37.1 Å². The van der Waals surface area contributed by atoms with Gasteiger partial charge in [0.1, 0.15) is 0 Å². The van der Waals surface area contributed by atoms with E-state index in [1.807, 2.05) is 48.5 Å². The fourth-order valence-corrected chi connectivity index (χ4v) is 4.11. The Morgan fingerprint density at radius 2 is 1.57 bits per heavy atom. The average Bonchev–Trinajstić information content (AvgIpc) is 3.28. The Labute approximate surface area is 183 Å². The number of carbonyl (C=O) groups is 1. The minimum atomic E-state index is -0.0432. The van der Waals surface area contributed by atoms with Crippen molar-refractivity contribution in [1.82, 2.24) is 10.2 Å². The molecule has 1 fully saturated rings. The molecule has 1 aliphatic rings. The van der Waals surface area contributed by atoms with Crippen LogP contribution < -0.4 is 5.32 Å². The van der Waals surface area contributed by atoms with Crippen molar-refractivity contribution in [3.8, 4) is 11.1 Å². The molecule has 1 amide bonds. The molecule has 0 atom stereocenters. The molecule has 0 aliphatic carbocycles. The van der Waals surface area contributed by atoms with Gasteiger partial charge < -0.3 is 5.32 Å². The van der Waals surface area contributed by atoms with Crippen LogP contribution in [0.3, 0.4) is 0 Å². The van der Waals surface area contributed by atoms with Crippen LogP contribution >= 0.6 is 11.6 Å². The first-order valence-corrected chi connectivity index (χ1v) is 11.0. The summed E-state index contributed by atoms with van der Waals surface area (Å²) in [5, 5.41) is 3.73. The van der Waals surface area contributed by atoms with Crippen molar-refractivity contribution in [2.45, 2.75) is 25.8 Å². The van der Waals surface area contributed by atoms with Crippen molar-refractivity contribution >= 4 is 17.5 Å². The Balaban J connectivity index is 1.26. The number of likely N-dealkylation sites (tertiary alicyclic amines) is 1. The summed E-state index contributed by atoms with van der Waals surface area (Å²) in [5.41, 5.74) is 5.37. The topological polar surface area (TPSA) is 32.3 Å². The molecule has 0 radical (unpaired) electrons. The van der Waals surface area contributed by atoms with E-state index in [2.05, 4.69) is 34.5 Å². The molecular weight excluding hydrogens is 392 g/mol. The van der Waals surface area contributed by atoms with Gasteiger partial charge in [-0.05, 0) is 78.9 Å². The van der Waals surface area contributed by atoms with Gasteiger partial charge in [0.25, 0.3) is 5.91 Å². The molecule has 4 rings (SSSR count). The zero-order valence-electron chi connectivity index (χ0n) is 17.1. The molecule has 0 bridgehead atoms. The quantitative estimate of drug-likeness (QED) is 0.543. The first kappa shape index (κ1) is 20.6. The van der Waals surface area contributed by atoms with Gasteiger partial charge in [-0.15, -0.1) is 0 Å². The third kappa shape index (κ3) is 5.50. The number of carbonyl (C=O) groups excluding carboxylic acids is 1. The minimum absolute atomic E-state index is 0.0432. The molecule has 0 unspecified atom stereocenters. The van der Waals surface area contributed by atoms with Crippen molar-refractivity contribution in [1.29, 1.82) is 0 Å². The highest BCUT2D eigenvalue weighted by Crippen LogP contribution is 2.23. The fraction of sp³-hybridized carbons (Fsp3) is 0.269. The Hall–Kier alpha value is -2.62. The van der Waals surface area contributed by atoms with Gasteiger partial charge >= 0.3 is 0 Å². The molecule has 1 N–H and O–H groups in total. The van der Waals surface area contributed by atoms with Crippen molar-refractivity contribution < 1.29 is 4.79 Å². The van der Waals surface area contributed by atoms with Gasteiger partial charge in [0.05, 0.1) is 0 Å². The molecular formula is C26H27ClN2O. The minimum Gasteiger partial charge on any atom is -0.352 e. The van der Waals surface area contributed by atoms with Gasteiger partial charge in [-0.1, -0.05) is 60.1 Å². The number of hydrogen-bond donors (Lipinski definition) is 1. The Bertz CT molecular complexity index is 977. The summed E-state index contributed by atoms with van der Waals surface area (Å²) in [6.07, 6.45) is 3.47. The summed E-state index contributed by atoms with van der Waals surface area (Å²) in [7, 11) is 0. The first-order chi connectivity index (χ1) is 14.7. The van der Waals surface area contributed by atoms with E-state index in [9.17, 15) is 4.79 Å². The molecule has 4 heteroatoms. The maximum atomic E-state index is 12.4. The van der Waals surface area contributed by atoms with Gasteiger partial charge in [-0.2, -0.15) is 0 Å². The second-order valence-electron chi connectivity index (χ2n) is 7.89. The molecule has 1 saturated heterocycles. The summed E-state index contributed by atoms with van der Waals surface area (Å²) < 4.78 is 0. The van der Waals surface area contributed by atoms with Gasteiger partial charge in [-0.3, -0.25) is 9.69 Å². The molecule has 3 aromatic rings. The SMILES string of the molecule is O=C(NCCc1ccc(CN2CCCC2)cc1)c1ccc(-c2cccc(Cl)c2)cc1. The van der Waals surface area contributed by atoms with Crippen LogP contribution in [-0.4, -0.2) is 30.4 Å². The van der Waals surface area contributed by atoms with Crippen LogP contribution in [0.25, 0.3) is 11.1 Å². The van der Waals surface area contributed by atoms with Crippen LogP contribution in [0.4, 0.5) is 0 Å². The lowest BCUT2D eigenvalue weighted by Gasteiger charge is -2.14. The number of amides is 1. The molecule has 0 saturated carbocycles. The van der Waals surface area contributed by atoms with Crippen LogP contribution in [0.1, 0.15) is 34.3 Å². The normalized spacial score (nSPS) is 14.0. The zero-order chi connectivity index (χ0) is 20.8. The molecule has 154 valence electrons. The van der Waals surface area contributed by atoms with Crippen molar-refractivity contribution in [3.05, 3.63) is 94.5 Å². The van der Waals surface area contributed by atoms with Gasteiger partial charge in [0.15, 0.2) is 0 Å². The summed E-state index contributed by atoms with van der Waals surface area (Å²) >= 11 is 6.06. The number of hydrogen-bond acceptors (Lipinski definition) is 2. The van der Waals surface area contributed by atoms with Crippen molar-refractivity contribution in [2.24, 2.45) is 0 Å². The number of nitrogens with zero attached hydrogens (tertiary/aromatic N) is 1. The number of rotatable bonds is 7. The van der Waals surface area contributed by atoms with Crippen LogP contribution in [0.15, 0.2) is 72.8 Å². The predicted molar refractivity (Wildman–Crippen MR) is 124 cm³/mol. The lowest BCUT2D eigenvalue weighted by molar-refractivity contribution is 0.0954. The molecule has 1 aliphatic heterocycles. The van der Waals surface area contributed by atoms with E-state index in [-0.39, 0.29) is 5.91 Å². The van der Waals surface area contributed by atoms with Crippen molar-refractivity contribution in [3.63, 3.8) is 0 Å². The second-order valence-corrected chi connectivity index (χ2v) is 8.33. The van der Waals surface area contributed by atoms with Crippen LogP contribution in [0.5, 0.6) is 0 Å². The Morgan fingerprint density at radius 3 is 2.27 bits per heavy atom. The highest BCUT2D eigenvalue weighted by molar-refractivity contribution is 6.30. The number of benzene rings is 3. The maximum Gasteiger partial charge on any atom is 0.251 e. The molecule has 0 aromatic heterocycles. The molecule has 3 aromatic carbocycles. The summed E-state index contributed by atoms with van der Waals surface area (Å²) in [5.74, 6) is -0.0432. The third-order valence-corrected chi connectivity index (χ3v) is 5.87. The van der Waals surface area contributed by atoms with Gasteiger partial charge in [0.2, 0.25) is 0 Å².